The van der Waals surface area contributed by atoms with Crippen molar-refractivity contribution in [1.29, 1.82) is 0 Å². The number of alkyl carbamates (subject to hydrolysis) is 1. The molecule has 1 saturated carbocycles. The van der Waals surface area contributed by atoms with Crippen LogP contribution < -0.4 is 5.32 Å². The molecule has 0 saturated heterocycles. The van der Waals surface area contributed by atoms with Gasteiger partial charge < -0.3 is 10.1 Å². The molecule has 0 aliphatic heterocycles. The predicted octanol–water partition coefficient (Wildman–Crippen LogP) is 1.35. The van der Waals surface area contributed by atoms with Gasteiger partial charge in [0.25, 0.3) is 0 Å². The maximum absolute atomic E-state index is 11.7. The number of ether oxygens (including phenoxy) is 1. The van der Waals surface area contributed by atoms with Gasteiger partial charge in [0.15, 0.2) is 5.78 Å². The van der Waals surface area contributed by atoms with Crippen LogP contribution in [0.15, 0.2) is 0 Å². The lowest BCUT2D eigenvalue weighted by Gasteiger charge is -2.17. The Morgan fingerprint density at radius 1 is 1.36 bits per heavy atom. The quantitative estimate of drug-likeness (QED) is 0.743. The van der Waals surface area contributed by atoms with E-state index < -0.39 is 6.09 Å². The molecule has 1 rings (SSSR count). The fraction of sp³-hybridized carbons (Fsp3) is 0.800. The predicted molar refractivity (Wildman–Crippen MR) is 51.9 cm³/mol. The molecule has 0 heterocycles. The molecule has 1 N–H and O–H groups in total. The minimum absolute atomic E-state index is 0.0437. The maximum atomic E-state index is 11.7. The van der Waals surface area contributed by atoms with Crippen LogP contribution in [-0.2, 0) is 9.53 Å². The van der Waals surface area contributed by atoms with Crippen molar-refractivity contribution in [3.8, 4) is 0 Å². The van der Waals surface area contributed by atoms with Crippen LogP contribution in [0.1, 0.15) is 26.7 Å². The molecule has 0 aromatic heterocycles. The number of ketones is 1. The summed E-state index contributed by atoms with van der Waals surface area (Å²) in [6.07, 6.45) is 1.52. The van der Waals surface area contributed by atoms with Crippen LogP contribution >= 0.6 is 0 Å². The Morgan fingerprint density at radius 3 is 2.29 bits per heavy atom. The van der Waals surface area contributed by atoms with Gasteiger partial charge >= 0.3 is 6.09 Å². The average Bonchev–Trinajstić information content (AvgIpc) is 2.95. The van der Waals surface area contributed by atoms with Gasteiger partial charge in [-0.3, -0.25) is 4.79 Å². The highest BCUT2D eigenvalue weighted by Crippen LogP contribution is 2.34. The molecule has 4 heteroatoms. The van der Waals surface area contributed by atoms with Gasteiger partial charge in [-0.15, -0.1) is 0 Å². The molecule has 80 valence electrons. The van der Waals surface area contributed by atoms with Gasteiger partial charge in [0, 0.05) is 5.92 Å². The average molecular weight is 199 g/mol. The monoisotopic (exact) mass is 199 g/mol. The Morgan fingerprint density at radius 2 is 1.93 bits per heavy atom. The first-order valence-electron chi connectivity index (χ1n) is 4.94. The summed E-state index contributed by atoms with van der Waals surface area (Å²) in [5.74, 6) is 0.375. The van der Waals surface area contributed by atoms with Crippen LogP contribution in [0.5, 0.6) is 0 Å². The summed E-state index contributed by atoms with van der Waals surface area (Å²) in [5, 5.41) is 2.60. The highest BCUT2D eigenvalue weighted by Gasteiger charge is 2.38. The number of carbonyl (C=O) groups excluding carboxylic acids is 2. The standard InChI is InChI=1S/C10H17NO3/c1-6(2)9(12)8(7-4-5-7)11-10(13)14-3/h6-8H,4-5H2,1-3H3,(H,11,13)/t8-/m1/s1. The van der Waals surface area contributed by atoms with Gasteiger partial charge in [-0.2, -0.15) is 0 Å². The topological polar surface area (TPSA) is 55.4 Å². The normalized spacial score (nSPS) is 17.7. The SMILES string of the molecule is COC(=O)N[C@@H](C(=O)C(C)C)C1CC1. The van der Waals surface area contributed by atoms with E-state index in [0.29, 0.717) is 5.92 Å². The summed E-state index contributed by atoms with van der Waals surface area (Å²) in [5.41, 5.74) is 0. The van der Waals surface area contributed by atoms with Gasteiger partial charge in [-0.25, -0.2) is 4.79 Å². The Hall–Kier alpha value is -1.06. The van der Waals surface area contributed by atoms with E-state index in [1.807, 2.05) is 13.8 Å². The number of hydrogen-bond donors (Lipinski definition) is 1. The van der Waals surface area contributed by atoms with Crippen LogP contribution in [0.2, 0.25) is 0 Å². The third-order valence-electron chi connectivity index (χ3n) is 2.43. The number of hydrogen-bond acceptors (Lipinski definition) is 3. The van der Waals surface area contributed by atoms with E-state index in [9.17, 15) is 9.59 Å². The summed E-state index contributed by atoms with van der Waals surface area (Å²) in [6, 6.07) is -0.345. The van der Waals surface area contributed by atoms with Crippen LogP contribution in [-0.4, -0.2) is 25.0 Å². The molecule has 1 atom stereocenters. The number of rotatable bonds is 4. The molecule has 0 bridgehead atoms. The number of amides is 1. The Labute approximate surface area is 84.0 Å². The van der Waals surface area contributed by atoms with Crippen molar-refractivity contribution in [3.63, 3.8) is 0 Å². The van der Waals surface area contributed by atoms with E-state index >= 15 is 0 Å². The third-order valence-corrected chi connectivity index (χ3v) is 2.43. The lowest BCUT2D eigenvalue weighted by molar-refractivity contribution is -0.124. The number of nitrogens with one attached hydrogen (secondary N) is 1. The molecule has 4 nitrogen and oxygen atoms in total. The van der Waals surface area contributed by atoms with Gasteiger partial charge in [-0.05, 0) is 18.8 Å². The molecule has 0 aromatic rings. The number of carbonyl (C=O) groups is 2. The summed E-state index contributed by atoms with van der Waals surface area (Å²) in [6.45, 7) is 3.69. The Balaban J connectivity index is 2.55. The first kappa shape index (κ1) is 11.0. The largest absolute Gasteiger partial charge is 0.453 e. The minimum Gasteiger partial charge on any atom is -0.453 e. The van der Waals surface area contributed by atoms with Crippen LogP contribution in [0.4, 0.5) is 4.79 Å². The molecule has 1 amide bonds. The van der Waals surface area contributed by atoms with Crippen molar-refractivity contribution >= 4 is 11.9 Å². The molecule has 0 radical (unpaired) electrons. The van der Waals surface area contributed by atoms with Crippen molar-refractivity contribution in [2.24, 2.45) is 11.8 Å². The highest BCUT2D eigenvalue weighted by atomic mass is 16.5. The second-order valence-corrected chi connectivity index (χ2v) is 4.01. The van der Waals surface area contributed by atoms with Crippen molar-refractivity contribution in [1.82, 2.24) is 5.32 Å². The molecule has 1 aliphatic rings. The Bertz CT molecular complexity index is 234. The zero-order valence-electron chi connectivity index (χ0n) is 8.87. The molecular formula is C10H17NO3. The number of Topliss-reactive ketones (excluding diaryl/α,β-unsaturated/α-hetero) is 1. The molecule has 0 aromatic carbocycles. The lowest BCUT2D eigenvalue weighted by Crippen LogP contribution is -2.44. The van der Waals surface area contributed by atoms with Crippen molar-refractivity contribution in [3.05, 3.63) is 0 Å². The van der Waals surface area contributed by atoms with Gasteiger partial charge in [0.1, 0.15) is 0 Å². The van der Waals surface area contributed by atoms with E-state index in [4.69, 9.17) is 0 Å². The van der Waals surface area contributed by atoms with E-state index in [-0.39, 0.29) is 17.7 Å². The van der Waals surface area contributed by atoms with E-state index in [1.165, 1.54) is 7.11 Å². The third kappa shape index (κ3) is 2.72. The fourth-order valence-corrected chi connectivity index (χ4v) is 1.40. The Kier molecular flexibility index (Phi) is 3.49. The summed E-state index contributed by atoms with van der Waals surface area (Å²) >= 11 is 0. The molecule has 1 fully saturated rings. The van der Waals surface area contributed by atoms with Crippen molar-refractivity contribution < 1.29 is 14.3 Å². The molecule has 1 aliphatic carbocycles. The summed E-state index contributed by atoms with van der Waals surface area (Å²) in [7, 11) is 1.30. The summed E-state index contributed by atoms with van der Waals surface area (Å²) < 4.78 is 4.49. The zero-order chi connectivity index (χ0) is 10.7. The molecule has 0 spiro atoms. The zero-order valence-corrected chi connectivity index (χ0v) is 8.87. The van der Waals surface area contributed by atoms with Crippen LogP contribution in [0.25, 0.3) is 0 Å². The first-order valence-corrected chi connectivity index (χ1v) is 4.94. The molecular weight excluding hydrogens is 182 g/mol. The highest BCUT2D eigenvalue weighted by molar-refractivity contribution is 5.89. The van der Waals surface area contributed by atoms with Crippen LogP contribution in [0, 0.1) is 11.8 Å². The molecule has 0 unspecified atom stereocenters. The second kappa shape index (κ2) is 4.44. The maximum Gasteiger partial charge on any atom is 0.407 e. The van der Waals surface area contributed by atoms with E-state index in [2.05, 4.69) is 10.1 Å². The minimum atomic E-state index is -0.518. The second-order valence-electron chi connectivity index (χ2n) is 4.01. The van der Waals surface area contributed by atoms with Crippen LogP contribution in [0.3, 0.4) is 0 Å². The van der Waals surface area contributed by atoms with Gasteiger partial charge in [-0.1, -0.05) is 13.8 Å². The van der Waals surface area contributed by atoms with Crippen molar-refractivity contribution in [2.45, 2.75) is 32.7 Å². The first-order chi connectivity index (χ1) is 6.56. The fourth-order valence-electron chi connectivity index (χ4n) is 1.40. The van der Waals surface area contributed by atoms with Gasteiger partial charge in [0.2, 0.25) is 0 Å². The van der Waals surface area contributed by atoms with Gasteiger partial charge in [0.05, 0.1) is 13.2 Å². The number of methoxy groups -OCH3 is 1. The lowest BCUT2D eigenvalue weighted by atomic mass is 9.98. The van der Waals surface area contributed by atoms with E-state index in [1.54, 1.807) is 0 Å². The summed E-state index contributed by atoms with van der Waals surface area (Å²) in [4.78, 5) is 22.7. The van der Waals surface area contributed by atoms with E-state index in [0.717, 1.165) is 12.8 Å². The smallest absolute Gasteiger partial charge is 0.407 e. The molecule has 14 heavy (non-hydrogen) atoms. The van der Waals surface area contributed by atoms with Crippen molar-refractivity contribution in [2.75, 3.05) is 7.11 Å².